The molecule has 1 aliphatic heterocycles. The molecule has 1 aromatic carbocycles. The van der Waals surface area contributed by atoms with Crippen LogP contribution in [0.5, 0.6) is 0 Å². The van der Waals surface area contributed by atoms with E-state index in [1.807, 2.05) is 49.9 Å². The summed E-state index contributed by atoms with van der Waals surface area (Å²) in [6.45, 7) is 7.61. The van der Waals surface area contributed by atoms with E-state index in [2.05, 4.69) is 5.32 Å². The first-order chi connectivity index (χ1) is 14.0. The van der Waals surface area contributed by atoms with Gasteiger partial charge in [0.2, 0.25) is 5.91 Å². The molecular weight excluding hydrogens is 368 g/mol. The van der Waals surface area contributed by atoms with E-state index < -0.39 is 0 Å². The van der Waals surface area contributed by atoms with Crippen LogP contribution in [-0.4, -0.2) is 54.2 Å². The Bertz CT molecular complexity index is 675. The third-order valence-electron chi connectivity index (χ3n) is 5.70. The lowest BCUT2D eigenvalue weighted by Gasteiger charge is -2.35. The number of nitrogens with zero attached hydrogens (tertiary/aromatic N) is 1. The van der Waals surface area contributed by atoms with Crippen molar-refractivity contribution >= 4 is 11.8 Å². The van der Waals surface area contributed by atoms with Crippen molar-refractivity contribution in [2.24, 2.45) is 0 Å². The first-order valence-corrected chi connectivity index (χ1v) is 10.9. The van der Waals surface area contributed by atoms with Crippen LogP contribution >= 0.6 is 0 Å². The van der Waals surface area contributed by atoms with Crippen molar-refractivity contribution in [1.82, 2.24) is 10.2 Å². The number of morpholine rings is 1. The van der Waals surface area contributed by atoms with Crippen LogP contribution in [0.3, 0.4) is 0 Å². The zero-order valence-electron chi connectivity index (χ0n) is 17.9. The molecule has 0 radical (unpaired) electrons. The Morgan fingerprint density at radius 3 is 2.34 bits per heavy atom. The van der Waals surface area contributed by atoms with Gasteiger partial charge in [0.05, 0.1) is 18.3 Å². The molecule has 0 bridgehead atoms. The SMILES string of the molecule is CCC(OC1CCCC1)C(=O)NCc1ccc(C(=O)N2CC(C)OC(C)C2)cc1. The Hall–Kier alpha value is -1.92. The lowest BCUT2D eigenvalue weighted by molar-refractivity contribution is -0.136. The summed E-state index contributed by atoms with van der Waals surface area (Å²) < 4.78 is 11.7. The van der Waals surface area contributed by atoms with Crippen molar-refractivity contribution in [3.05, 3.63) is 35.4 Å². The number of amides is 2. The van der Waals surface area contributed by atoms with Crippen LogP contribution in [0.2, 0.25) is 0 Å². The summed E-state index contributed by atoms with van der Waals surface area (Å²) >= 11 is 0. The average Bonchev–Trinajstić information content (AvgIpc) is 3.22. The van der Waals surface area contributed by atoms with E-state index in [4.69, 9.17) is 9.47 Å². The van der Waals surface area contributed by atoms with Crippen LogP contribution in [-0.2, 0) is 20.8 Å². The van der Waals surface area contributed by atoms with Gasteiger partial charge in [0, 0.05) is 25.2 Å². The number of ether oxygens (including phenoxy) is 2. The molecule has 1 N–H and O–H groups in total. The highest BCUT2D eigenvalue weighted by molar-refractivity contribution is 5.94. The number of carbonyl (C=O) groups excluding carboxylic acids is 2. The molecule has 0 aromatic heterocycles. The number of hydrogen-bond acceptors (Lipinski definition) is 4. The molecule has 160 valence electrons. The summed E-state index contributed by atoms with van der Waals surface area (Å²) in [6.07, 6.45) is 5.11. The number of carbonyl (C=O) groups is 2. The molecule has 6 heteroatoms. The van der Waals surface area contributed by atoms with Crippen molar-refractivity contribution in [2.45, 2.75) is 83.8 Å². The Morgan fingerprint density at radius 2 is 1.76 bits per heavy atom. The summed E-state index contributed by atoms with van der Waals surface area (Å²) in [4.78, 5) is 27.1. The summed E-state index contributed by atoms with van der Waals surface area (Å²) in [5, 5.41) is 2.97. The number of benzene rings is 1. The van der Waals surface area contributed by atoms with E-state index in [0.29, 0.717) is 31.6 Å². The third kappa shape index (κ3) is 6.03. The Balaban J connectivity index is 1.50. The van der Waals surface area contributed by atoms with Gasteiger partial charge in [-0.25, -0.2) is 0 Å². The molecule has 1 heterocycles. The van der Waals surface area contributed by atoms with Gasteiger partial charge in [0.15, 0.2) is 0 Å². The smallest absolute Gasteiger partial charge is 0.254 e. The Labute approximate surface area is 173 Å². The van der Waals surface area contributed by atoms with Gasteiger partial charge in [-0.05, 0) is 50.8 Å². The van der Waals surface area contributed by atoms with Gasteiger partial charge in [0.1, 0.15) is 6.10 Å². The molecule has 1 aromatic rings. The van der Waals surface area contributed by atoms with Crippen LogP contribution in [0.4, 0.5) is 0 Å². The lowest BCUT2D eigenvalue weighted by atomic mass is 10.1. The van der Waals surface area contributed by atoms with E-state index in [0.717, 1.165) is 18.4 Å². The molecule has 3 rings (SSSR count). The van der Waals surface area contributed by atoms with Crippen LogP contribution in [0.15, 0.2) is 24.3 Å². The molecule has 2 fully saturated rings. The monoisotopic (exact) mass is 402 g/mol. The molecule has 1 saturated heterocycles. The number of nitrogens with one attached hydrogen (secondary N) is 1. The zero-order chi connectivity index (χ0) is 20.8. The number of rotatable bonds is 7. The molecule has 1 aliphatic carbocycles. The predicted octanol–water partition coefficient (Wildman–Crippen LogP) is 3.29. The highest BCUT2D eigenvalue weighted by Gasteiger charge is 2.27. The van der Waals surface area contributed by atoms with E-state index in [9.17, 15) is 9.59 Å². The van der Waals surface area contributed by atoms with Gasteiger partial charge in [-0.3, -0.25) is 9.59 Å². The highest BCUT2D eigenvalue weighted by Crippen LogP contribution is 2.23. The van der Waals surface area contributed by atoms with Crippen LogP contribution < -0.4 is 5.32 Å². The molecule has 3 unspecified atom stereocenters. The second kappa shape index (κ2) is 10.2. The first kappa shape index (κ1) is 21.8. The number of hydrogen-bond donors (Lipinski definition) is 1. The van der Waals surface area contributed by atoms with Gasteiger partial charge in [0.25, 0.3) is 5.91 Å². The molecule has 0 spiro atoms. The van der Waals surface area contributed by atoms with Gasteiger partial charge >= 0.3 is 0 Å². The minimum atomic E-state index is -0.385. The maximum Gasteiger partial charge on any atom is 0.254 e. The van der Waals surface area contributed by atoms with Crippen molar-refractivity contribution in [3.63, 3.8) is 0 Å². The van der Waals surface area contributed by atoms with Crippen LogP contribution in [0.25, 0.3) is 0 Å². The molecule has 6 nitrogen and oxygen atoms in total. The predicted molar refractivity (Wildman–Crippen MR) is 112 cm³/mol. The zero-order valence-corrected chi connectivity index (χ0v) is 17.9. The average molecular weight is 403 g/mol. The van der Waals surface area contributed by atoms with Crippen LogP contribution in [0.1, 0.15) is 68.8 Å². The maximum atomic E-state index is 12.7. The van der Waals surface area contributed by atoms with E-state index in [1.165, 1.54) is 12.8 Å². The van der Waals surface area contributed by atoms with Crippen LogP contribution in [0, 0.1) is 0 Å². The summed E-state index contributed by atoms with van der Waals surface area (Å²) in [6, 6.07) is 7.47. The fraction of sp³-hybridized carbons (Fsp3) is 0.652. The fourth-order valence-electron chi connectivity index (χ4n) is 4.19. The summed E-state index contributed by atoms with van der Waals surface area (Å²) in [5.41, 5.74) is 1.63. The van der Waals surface area contributed by atoms with E-state index in [-0.39, 0.29) is 36.2 Å². The third-order valence-corrected chi connectivity index (χ3v) is 5.70. The van der Waals surface area contributed by atoms with Gasteiger partial charge in [-0.2, -0.15) is 0 Å². The molecular formula is C23H34N2O4. The minimum absolute atomic E-state index is 0.0265. The largest absolute Gasteiger partial charge is 0.372 e. The molecule has 29 heavy (non-hydrogen) atoms. The first-order valence-electron chi connectivity index (χ1n) is 10.9. The quantitative estimate of drug-likeness (QED) is 0.760. The molecule has 3 atom stereocenters. The van der Waals surface area contributed by atoms with Gasteiger partial charge in [-0.15, -0.1) is 0 Å². The Kier molecular flexibility index (Phi) is 7.67. The van der Waals surface area contributed by atoms with E-state index >= 15 is 0 Å². The van der Waals surface area contributed by atoms with Crippen molar-refractivity contribution in [3.8, 4) is 0 Å². The van der Waals surface area contributed by atoms with Crippen molar-refractivity contribution < 1.29 is 19.1 Å². The standard InChI is InChI=1S/C23H34N2O4/c1-4-21(29-20-7-5-6-8-20)22(26)24-13-18-9-11-19(12-10-18)23(27)25-14-16(2)28-17(3)15-25/h9-12,16-17,20-21H,4-8,13-15H2,1-3H3,(H,24,26). The van der Waals surface area contributed by atoms with Crippen molar-refractivity contribution in [1.29, 1.82) is 0 Å². The summed E-state index contributed by atoms with van der Waals surface area (Å²) in [5.74, 6) is -0.0329. The molecule has 2 amide bonds. The molecule has 1 saturated carbocycles. The maximum absolute atomic E-state index is 12.7. The normalized spacial score (nSPS) is 23.8. The van der Waals surface area contributed by atoms with E-state index in [1.54, 1.807) is 0 Å². The lowest BCUT2D eigenvalue weighted by Crippen LogP contribution is -2.48. The topological polar surface area (TPSA) is 67.9 Å². The highest BCUT2D eigenvalue weighted by atomic mass is 16.5. The summed E-state index contributed by atoms with van der Waals surface area (Å²) in [7, 11) is 0. The fourth-order valence-corrected chi connectivity index (χ4v) is 4.19. The second-order valence-electron chi connectivity index (χ2n) is 8.32. The minimum Gasteiger partial charge on any atom is -0.372 e. The Morgan fingerprint density at radius 1 is 1.14 bits per heavy atom. The van der Waals surface area contributed by atoms with Gasteiger partial charge in [-0.1, -0.05) is 31.9 Å². The van der Waals surface area contributed by atoms with Gasteiger partial charge < -0.3 is 19.7 Å². The second-order valence-corrected chi connectivity index (χ2v) is 8.32. The van der Waals surface area contributed by atoms with Crippen molar-refractivity contribution in [2.75, 3.05) is 13.1 Å². The molecule has 2 aliphatic rings.